The third kappa shape index (κ3) is 4.79. The molecule has 106 valence electrons. The maximum absolute atomic E-state index is 5.94. The van der Waals surface area contributed by atoms with Crippen LogP contribution in [0.5, 0.6) is 5.75 Å². The van der Waals surface area contributed by atoms with E-state index >= 15 is 0 Å². The number of hydrogen-bond donors (Lipinski definition) is 1. The second-order valence-electron chi connectivity index (χ2n) is 5.06. The van der Waals surface area contributed by atoms with Gasteiger partial charge in [0.1, 0.15) is 5.75 Å². The minimum atomic E-state index is 0.701. The summed E-state index contributed by atoms with van der Waals surface area (Å²) in [5.74, 6) is 1.02. The molecule has 0 radical (unpaired) electrons. The monoisotopic (exact) mass is 327 g/mol. The zero-order valence-electron chi connectivity index (χ0n) is 11.7. The Bertz CT molecular complexity index is 419. The molecule has 4 heteroatoms. The fraction of sp³-hybridized carbons (Fsp3) is 0.600. The van der Waals surface area contributed by atoms with Crippen molar-refractivity contribution in [1.29, 1.82) is 0 Å². The molecule has 0 heterocycles. The first-order chi connectivity index (χ1) is 9.20. The highest BCUT2D eigenvalue weighted by Crippen LogP contribution is 2.29. The van der Waals surface area contributed by atoms with Crippen molar-refractivity contribution >= 4 is 15.9 Å². The van der Waals surface area contributed by atoms with Crippen molar-refractivity contribution in [3.63, 3.8) is 0 Å². The van der Waals surface area contributed by atoms with Crippen LogP contribution >= 0.6 is 15.9 Å². The number of ether oxygens (including phenoxy) is 2. The highest BCUT2D eigenvalue weighted by atomic mass is 79.9. The number of rotatable bonds is 8. The highest BCUT2D eigenvalue weighted by molar-refractivity contribution is 9.10. The first kappa shape index (κ1) is 14.8. The van der Waals surface area contributed by atoms with Gasteiger partial charge in [-0.15, -0.1) is 0 Å². The number of benzene rings is 1. The van der Waals surface area contributed by atoms with E-state index in [1.54, 1.807) is 7.11 Å². The zero-order chi connectivity index (χ0) is 13.7. The summed E-state index contributed by atoms with van der Waals surface area (Å²) in [6.07, 6.45) is 3.52. The molecule has 1 aliphatic rings. The molecule has 2 rings (SSSR count). The van der Waals surface area contributed by atoms with E-state index in [0.29, 0.717) is 12.6 Å². The second kappa shape index (κ2) is 7.27. The lowest BCUT2D eigenvalue weighted by molar-refractivity contribution is 0.171. The molecule has 1 saturated carbocycles. The standard InChI is InChI=1S/C15H22BrNO2/c1-11-8-13(16)9-12(10-17-14-4-5-14)15(11)19-7-3-6-18-2/h8-9,14,17H,3-7,10H2,1-2H3. The number of aryl methyl sites for hydroxylation is 1. The second-order valence-corrected chi connectivity index (χ2v) is 5.98. The van der Waals surface area contributed by atoms with Gasteiger partial charge in [-0.25, -0.2) is 0 Å². The van der Waals surface area contributed by atoms with Crippen molar-refractivity contribution in [2.75, 3.05) is 20.3 Å². The molecular formula is C15H22BrNO2. The summed E-state index contributed by atoms with van der Waals surface area (Å²) in [5, 5.41) is 3.54. The quantitative estimate of drug-likeness (QED) is 0.742. The van der Waals surface area contributed by atoms with Gasteiger partial charge in [-0.2, -0.15) is 0 Å². The average Bonchev–Trinajstić information content (AvgIpc) is 3.18. The van der Waals surface area contributed by atoms with E-state index in [2.05, 4.69) is 40.3 Å². The van der Waals surface area contributed by atoms with Crippen LogP contribution in [0.4, 0.5) is 0 Å². The van der Waals surface area contributed by atoms with E-state index < -0.39 is 0 Å². The summed E-state index contributed by atoms with van der Waals surface area (Å²) in [5.41, 5.74) is 2.41. The lowest BCUT2D eigenvalue weighted by Gasteiger charge is -2.15. The van der Waals surface area contributed by atoms with Crippen molar-refractivity contribution in [3.05, 3.63) is 27.7 Å². The summed E-state index contributed by atoms with van der Waals surface area (Å²) in [6.45, 7) is 4.42. The van der Waals surface area contributed by atoms with E-state index in [9.17, 15) is 0 Å². The van der Waals surface area contributed by atoms with Crippen LogP contribution in [-0.2, 0) is 11.3 Å². The predicted octanol–water partition coefficient (Wildman–Crippen LogP) is 3.42. The van der Waals surface area contributed by atoms with Gasteiger partial charge in [-0.3, -0.25) is 0 Å². The Kier molecular flexibility index (Phi) is 5.67. The van der Waals surface area contributed by atoms with Crippen LogP contribution in [0.2, 0.25) is 0 Å². The van der Waals surface area contributed by atoms with Crippen molar-refractivity contribution < 1.29 is 9.47 Å². The topological polar surface area (TPSA) is 30.5 Å². The molecule has 1 aliphatic carbocycles. The molecule has 0 amide bonds. The fourth-order valence-corrected chi connectivity index (χ4v) is 2.68. The normalized spacial score (nSPS) is 14.7. The largest absolute Gasteiger partial charge is 0.493 e. The van der Waals surface area contributed by atoms with Crippen molar-refractivity contribution in [1.82, 2.24) is 5.32 Å². The van der Waals surface area contributed by atoms with Gasteiger partial charge >= 0.3 is 0 Å². The Morgan fingerprint density at radius 3 is 2.79 bits per heavy atom. The third-order valence-electron chi connectivity index (χ3n) is 3.21. The van der Waals surface area contributed by atoms with Crippen molar-refractivity contribution in [2.24, 2.45) is 0 Å². The molecule has 1 aromatic carbocycles. The Balaban J connectivity index is 1.99. The lowest BCUT2D eigenvalue weighted by atomic mass is 10.1. The van der Waals surface area contributed by atoms with E-state index in [0.717, 1.165) is 29.8 Å². The minimum absolute atomic E-state index is 0.701. The molecule has 0 saturated heterocycles. The molecule has 0 aromatic heterocycles. The molecule has 0 unspecified atom stereocenters. The van der Waals surface area contributed by atoms with Gasteiger partial charge < -0.3 is 14.8 Å². The molecule has 3 nitrogen and oxygen atoms in total. The molecule has 0 atom stereocenters. The Morgan fingerprint density at radius 1 is 1.32 bits per heavy atom. The molecule has 1 N–H and O–H groups in total. The molecule has 19 heavy (non-hydrogen) atoms. The summed E-state index contributed by atoms with van der Waals surface area (Å²) in [4.78, 5) is 0. The van der Waals surface area contributed by atoms with E-state index in [4.69, 9.17) is 9.47 Å². The van der Waals surface area contributed by atoms with Crippen LogP contribution in [0.25, 0.3) is 0 Å². The van der Waals surface area contributed by atoms with Gasteiger partial charge in [-0.1, -0.05) is 15.9 Å². The summed E-state index contributed by atoms with van der Waals surface area (Å²) in [6, 6.07) is 4.96. The molecule has 1 aromatic rings. The van der Waals surface area contributed by atoms with Gasteiger partial charge in [0.25, 0.3) is 0 Å². The van der Waals surface area contributed by atoms with Gasteiger partial charge in [-0.05, 0) is 37.5 Å². The number of methoxy groups -OCH3 is 1. The van der Waals surface area contributed by atoms with Gasteiger partial charge in [0.2, 0.25) is 0 Å². The Hall–Kier alpha value is -0.580. The fourth-order valence-electron chi connectivity index (χ4n) is 2.06. The third-order valence-corrected chi connectivity index (χ3v) is 3.67. The summed E-state index contributed by atoms with van der Waals surface area (Å²) in [7, 11) is 1.72. The van der Waals surface area contributed by atoms with E-state index in [1.165, 1.54) is 24.0 Å². The molecule has 0 bridgehead atoms. The van der Waals surface area contributed by atoms with Crippen LogP contribution in [0.15, 0.2) is 16.6 Å². The van der Waals surface area contributed by atoms with Crippen LogP contribution < -0.4 is 10.1 Å². The maximum Gasteiger partial charge on any atom is 0.126 e. The molecule has 0 aliphatic heterocycles. The first-order valence-electron chi connectivity index (χ1n) is 6.85. The van der Waals surface area contributed by atoms with E-state index in [-0.39, 0.29) is 0 Å². The number of hydrogen-bond acceptors (Lipinski definition) is 3. The van der Waals surface area contributed by atoms with E-state index in [1.807, 2.05) is 0 Å². The lowest BCUT2D eigenvalue weighted by Crippen LogP contribution is -2.16. The maximum atomic E-state index is 5.94. The number of halogens is 1. The van der Waals surface area contributed by atoms with Gasteiger partial charge in [0.15, 0.2) is 0 Å². The highest BCUT2D eigenvalue weighted by Gasteiger charge is 2.21. The zero-order valence-corrected chi connectivity index (χ0v) is 13.3. The average molecular weight is 328 g/mol. The number of nitrogens with one attached hydrogen (secondary N) is 1. The van der Waals surface area contributed by atoms with Crippen LogP contribution in [0.1, 0.15) is 30.4 Å². The van der Waals surface area contributed by atoms with Gasteiger partial charge in [0, 0.05) is 42.8 Å². The smallest absolute Gasteiger partial charge is 0.126 e. The Morgan fingerprint density at radius 2 is 2.11 bits per heavy atom. The SMILES string of the molecule is COCCCOc1c(C)cc(Br)cc1CNC1CC1. The van der Waals surface area contributed by atoms with Crippen molar-refractivity contribution in [2.45, 2.75) is 38.8 Å². The van der Waals surface area contributed by atoms with Gasteiger partial charge in [0.05, 0.1) is 6.61 Å². The predicted molar refractivity (Wildman–Crippen MR) is 80.7 cm³/mol. The first-order valence-corrected chi connectivity index (χ1v) is 7.64. The van der Waals surface area contributed by atoms with Crippen molar-refractivity contribution in [3.8, 4) is 5.75 Å². The Labute approximate surface area is 123 Å². The minimum Gasteiger partial charge on any atom is -0.493 e. The summed E-state index contributed by atoms with van der Waals surface area (Å²) >= 11 is 3.56. The molecule has 0 spiro atoms. The van der Waals surface area contributed by atoms with Crippen LogP contribution in [0.3, 0.4) is 0 Å². The summed E-state index contributed by atoms with van der Waals surface area (Å²) < 4.78 is 12.1. The molecule has 1 fully saturated rings. The molecular weight excluding hydrogens is 306 g/mol. The van der Waals surface area contributed by atoms with Crippen LogP contribution in [0, 0.1) is 6.92 Å². The van der Waals surface area contributed by atoms with Crippen LogP contribution in [-0.4, -0.2) is 26.4 Å².